The van der Waals surface area contributed by atoms with Gasteiger partial charge in [0.2, 0.25) is 11.8 Å². The van der Waals surface area contributed by atoms with Gasteiger partial charge in [0, 0.05) is 17.1 Å². The van der Waals surface area contributed by atoms with Gasteiger partial charge in [-0.15, -0.1) is 0 Å². The maximum atomic E-state index is 14.0. The highest BCUT2D eigenvalue weighted by Gasteiger charge is 2.34. The SMILES string of the molecule is CC[C@H](C(=O)NC(C)(C)C)N(Cc1ccc(Cl)cc1)C(=O)CN(c1ccccc1)S(=O)(=O)c1ccc(F)cc1. The van der Waals surface area contributed by atoms with Gasteiger partial charge in [0.15, 0.2) is 0 Å². The zero-order valence-electron chi connectivity index (χ0n) is 22.4. The highest BCUT2D eigenvalue weighted by Crippen LogP contribution is 2.25. The molecule has 0 fully saturated rings. The van der Waals surface area contributed by atoms with Crippen molar-refractivity contribution in [2.75, 3.05) is 10.8 Å². The van der Waals surface area contributed by atoms with Crippen LogP contribution < -0.4 is 9.62 Å². The lowest BCUT2D eigenvalue weighted by Crippen LogP contribution is -2.55. The van der Waals surface area contributed by atoms with E-state index in [0.717, 1.165) is 34.1 Å². The summed E-state index contributed by atoms with van der Waals surface area (Å²) in [5.41, 5.74) is 0.442. The van der Waals surface area contributed by atoms with Gasteiger partial charge < -0.3 is 10.2 Å². The smallest absolute Gasteiger partial charge is 0.264 e. The van der Waals surface area contributed by atoms with E-state index < -0.39 is 39.9 Å². The largest absolute Gasteiger partial charge is 0.350 e. The third-order valence-corrected chi connectivity index (χ3v) is 7.92. The predicted octanol–water partition coefficient (Wildman–Crippen LogP) is 5.40. The lowest BCUT2D eigenvalue weighted by molar-refractivity contribution is -0.141. The summed E-state index contributed by atoms with van der Waals surface area (Å²) in [4.78, 5) is 28.5. The second-order valence-corrected chi connectivity index (χ2v) is 12.4. The van der Waals surface area contributed by atoms with E-state index in [1.807, 2.05) is 20.8 Å². The summed E-state index contributed by atoms with van der Waals surface area (Å²) in [5, 5.41) is 3.45. The van der Waals surface area contributed by atoms with Crippen molar-refractivity contribution in [3.63, 3.8) is 0 Å². The number of hydrogen-bond donors (Lipinski definition) is 1. The summed E-state index contributed by atoms with van der Waals surface area (Å²) in [7, 11) is -4.26. The van der Waals surface area contributed by atoms with Crippen molar-refractivity contribution in [1.29, 1.82) is 0 Å². The lowest BCUT2D eigenvalue weighted by atomic mass is 10.1. The number of nitrogens with one attached hydrogen (secondary N) is 1. The van der Waals surface area contributed by atoms with Gasteiger partial charge in [-0.05, 0) is 81.3 Å². The van der Waals surface area contributed by atoms with E-state index in [-0.39, 0.29) is 23.0 Å². The quantitative estimate of drug-likeness (QED) is 0.352. The third-order valence-electron chi connectivity index (χ3n) is 5.87. The molecule has 3 aromatic rings. The Labute approximate surface area is 234 Å². The summed E-state index contributed by atoms with van der Waals surface area (Å²) >= 11 is 6.04. The number of amides is 2. The van der Waals surface area contributed by atoms with Gasteiger partial charge in [0.1, 0.15) is 18.4 Å². The molecule has 7 nitrogen and oxygen atoms in total. The van der Waals surface area contributed by atoms with E-state index in [1.165, 1.54) is 4.90 Å². The normalized spacial score (nSPS) is 12.5. The van der Waals surface area contributed by atoms with Crippen LogP contribution in [0.4, 0.5) is 10.1 Å². The number of halogens is 2. The molecule has 1 N–H and O–H groups in total. The second kappa shape index (κ2) is 12.6. The summed E-state index contributed by atoms with van der Waals surface area (Å²) in [6, 6.07) is 18.6. The minimum Gasteiger partial charge on any atom is -0.350 e. The molecule has 0 radical (unpaired) electrons. The van der Waals surface area contributed by atoms with Crippen molar-refractivity contribution < 1.29 is 22.4 Å². The number of carbonyl (C=O) groups excluding carboxylic acids is 2. The molecule has 0 unspecified atom stereocenters. The third kappa shape index (κ3) is 8.03. The Balaban J connectivity index is 2.04. The van der Waals surface area contributed by atoms with Crippen LogP contribution in [0.3, 0.4) is 0 Å². The van der Waals surface area contributed by atoms with Gasteiger partial charge in [-0.1, -0.05) is 48.9 Å². The number of rotatable bonds is 10. The van der Waals surface area contributed by atoms with Gasteiger partial charge in [-0.3, -0.25) is 13.9 Å². The molecule has 3 rings (SSSR count). The fraction of sp³-hybridized carbons (Fsp3) is 0.310. The molecule has 39 heavy (non-hydrogen) atoms. The summed E-state index contributed by atoms with van der Waals surface area (Å²) in [5.74, 6) is -1.50. The maximum absolute atomic E-state index is 14.0. The zero-order valence-corrected chi connectivity index (χ0v) is 24.0. The number of para-hydroxylation sites is 1. The molecule has 0 bridgehead atoms. The van der Waals surface area contributed by atoms with Crippen LogP contribution in [-0.4, -0.2) is 43.3 Å². The molecule has 0 aliphatic carbocycles. The molecule has 0 saturated carbocycles. The van der Waals surface area contributed by atoms with Crippen LogP contribution in [0.15, 0.2) is 83.8 Å². The van der Waals surface area contributed by atoms with Crippen molar-refractivity contribution >= 4 is 39.1 Å². The number of hydrogen-bond acceptors (Lipinski definition) is 4. The Hall–Kier alpha value is -3.43. The number of carbonyl (C=O) groups is 2. The van der Waals surface area contributed by atoms with Crippen LogP contribution in [0.25, 0.3) is 0 Å². The molecule has 10 heteroatoms. The van der Waals surface area contributed by atoms with Gasteiger partial charge in [-0.2, -0.15) is 0 Å². The Morgan fingerprint density at radius 3 is 2.08 bits per heavy atom. The van der Waals surface area contributed by atoms with E-state index >= 15 is 0 Å². The van der Waals surface area contributed by atoms with E-state index in [0.29, 0.717) is 11.4 Å². The molecule has 0 aliphatic heterocycles. The summed E-state index contributed by atoms with van der Waals surface area (Å²) in [6.07, 6.45) is 0.303. The van der Waals surface area contributed by atoms with Crippen LogP contribution in [0.2, 0.25) is 5.02 Å². The monoisotopic (exact) mass is 573 g/mol. The molecule has 1 atom stereocenters. The topological polar surface area (TPSA) is 86.8 Å². The van der Waals surface area contributed by atoms with Crippen LogP contribution >= 0.6 is 11.6 Å². The Bertz CT molecular complexity index is 1380. The molecule has 0 aliphatic rings. The first kappa shape index (κ1) is 30.1. The van der Waals surface area contributed by atoms with Crippen molar-refractivity contribution in [2.45, 2.75) is 57.1 Å². The average Bonchev–Trinajstić information content (AvgIpc) is 2.87. The Kier molecular flexibility index (Phi) is 9.74. The zero-order chi connectivity index (χ0) is 28.8. The van der Waals surface area contributed by atoms with Gasteiger partial charge in [0.05, 0.1) is 10.6 Å². The van der Waals surface area contributed by atoms with Crippen molar-refractivity contribution in [2.24, 2.45) is 0 Å². The molecule has 208 valence electrons. The highest BCUT2D eigenvalue weighted by molar-refractivity contribution is 7.92. The molecular weight excluding hydrogens is 541 g/mol. The van der Waals surface area contributed by atoms with E-state index in [1.54, 1.807) is 61.5 Å². The molecule has 0 saturated heterocycles. The number of sulfonamides is 1. The van der Waals surface area contributed by atoms with Crippen LogP contribution in [0.1, 0.15) is 39.7 Å². The van der Waals surface area contributed by atoms with E-state index in [4.69, 9.17) is 11.6 Å². The first-order valence-electron chi connectivity index (χ1n) is 12.5. The van der Waals surface area contributed by atoms with Crippen LogP contribution in [0.5, 0.6) is 0 Å². The van der Waals surface area contributed by atoms with Crippen molar-refractivity contribution in [3.8, 4) is 0 Å². The first-order valence-corrected chi connectivity index (χ1v) is 14.3. The molecule has 0 heterocycles. The van der Waals surface area contributed by atoms with Gasteiger partial charge in [0.25, 0.3) is 10.0 Å². The molecule has 0 spiro atoms. The fourth-order valence-corrected chi connectivity index (χ4v) is 5.56. The maximum Gasteiger partial charge on any atom is 0.264 e. The predicted molar refractivity (Wildman–Crippen MR) is 151 cm³/mol. The summed E-state index contributed by atoms with van der Waals surface area (Å²) in [6.45, 7) is 6.81. The number of benzene rings is 3. The molecule has 2 amide bonds. The van der Waals surface area contributed by atoms with E-state index in [2.05, 4.69) is 5.32 Å². The molecule has 0 aromatic heterocycles. The average molecular weight is 574 g/mol. The van der Waals surface area contributed by atoms with Gasteiger partial charge >= 0.3 is 0 Å². The van der Waals surface area contributed by atoms with Gasteiger partial charge in [-0.25, -0.2) is 12.8 Å². The van der Waals surface area contributed by atoms with Crippen LogP contribution in [0, 0.1) is 5.82 Å². The second-order valence-electron chi connectivity index (χ2n) is 10.1. The number of anilines is 1. The Morgan fingerprint density at radius 2 is 1.54 bits per heavy atom. The lowest BCUT2D eigenvalue weighted by Gasteiger charge is -2.34. The van der Waals surface area contributed by atoms with E-state index in [9.17, 15) is 22.4 Å². The summed E-state index contributed by atoms with van der Waals surface area (Å²) < 4.78 is 41.9. The highest BCUT2D eigenvalue weighted by atomic mass is 35.5. The molecule has 3 aromatic carbocycles. The molecular formula is C29H33ClFN3O4S. The van der Waals surface area contributed by atoms with Crippen molar-refractivity contribution in [1.82, 2.24) is 10.2 Å². The van der Waals surface area contributed by atoms with Crippen LogP contribution in [-0.2, 0) is 26.2 Å². The fourth-order valence-electron chi connectivity index (χ4n) is 4.02. The minimum absolute atomic E-state index is 0.0608. The first-order chi connectivity index (χ1) is 18.3. The minimum atomic E-state index is -4.26. The Morgan fingerprint density at radius 1 is 0.949 bits per heavy atom. The standard InChI is InChI=1S/C29H33ClFN3O4S/c1-5-26(28(36)32-29(2,3)4)33(19-21-11-13-22(30)14-12-21)27(35)20-34(24-9-7-6-8-10-24)39(37,38)25-17-15-23(31)16-18-25/h6-18,26H,5,19-20H2,1-4H3,(H,32,36)/t26-/m1/s1. The number of nitrogens with zero attached hydrogens (tertiary/aromatic N) is 2. The van der Waals surface area contributed by atoms with Crippen molar-refractivity contribution in [3.05, 3.63) is 95.3 Å².